The van der Waals surface area contributed by atoms with Crippen LogP contribution in [0.2, 0.25) is 0 Å². The van der Waals surface area contributed by atoms with Crippen LogP contribution in [-0.2, 0) is 11.3 Å². The van der Waals surface area contributed by atoms with Crippen molar-refractivity contribution in [1.82, 2.24) is 15.6 Å². The molecule has 1 fully saturated rings. The number of pyridine rings is 1. The van der Waals surface area contributed by atoms with Gasteiger partial charge in [-0.2, -0.15) is 0 Å². The first-order chi connectivity index (χ1) is 12.8. The molecule has 0 bridgehead atoms. The van der Waals surface area contributed by atoms with Crippen molar-refractivity contribution < 1.29 is 14.3 Å². The predicted octanol–water partition coefficient (Wildman–Crippen LogP) is 2.58. The third-order valence-electron chi connectivity index (χ3n) is 4.32. The minimum atomic E-state index is 0. The summed E-state index contributed by atoms with van der Waals surface area (Å²) >= 11 is 0. The molecule has 1 aromatic heterocycles. The fourth-order valence-electron chi connectivity index (χ4n) is 2.84. The van der Waals surface area contributed by atoms with Crippen LogP contribution in [0.25, 0.3) is 0 Å². The van der Waals surface area contributed by atoms with Crippen LogP contribution in [0.1, 0.15) is 18.4 Å². The second-order valence-electron chi connectivity index (χ2n) is 6.26. The minimum Gasteiger partial charge on any atom is -0.490 e. The average molecular weight is 392 g/mol. The number of hydrogen-bond acceptors (Lipinski definition) is 5. The lowest BCUT2D eigenvalue weighted by Gasteiger charge is -2.21. The molecule has 1 aliphatic heterocycles. The Kier molecular flexibility index (Phi) is 8.87. The normalized spacial score (nSPS) is 14.1. The Labute approximate surface area is 166 Å². The molecule has 0 saturated carbocycles. The maximum atomic E-state index is 12.1. The van der Waals surface area contributed by atoms with E-state index in [0.717, 1.165) is 37.2 Å². The van der Waals surface area contributed by atoms with Gasteiger partial charge in [-0.05, 0) is 43.6 Å². The number of amides is 1. The highest BCUT2D eigenvalue weighted by Crippen LogP contribution is 2.13. The molecule has 27 heavy (non-hydrogen) atoms. The molecule has 2 N–H and O–H groups in total. The molecule has 0 radical (unpaired) electrons. The first-order valence-corrected chi connectivity index (χ1v) is 9.05. The number of benzene rings is 1. The van der Waals surface area contributed by atoms with Gasteiger partial charge >= 0.3 is 0 Å². The van der Waals surface area contributed by atoms with Gasteiger partial charge in [0.2, 0.25) is 11.8 Å². The van der Waals surface area contributed by atoms with Crippen molar-refractivity contribution in [3.8, 4) is 11.6 Å². The number of carbonyl (C=O) groups is 1. The molecule has 1 amide bonds. The van der Waals surface area contributed by atoms with Crippen molar-refractivity contribution in [2.24, 2.45) is 5.92 Å². The van der Waals surface area contributed by atoms with E-state index in [9.17, 15) is 4.79 Å². The van der Waals surface area contributed by atoms with Gasteiger partial charge < -0.3 is 20.1 Å². The molecule has 1 saturated heterocycles. The van der Waals surface area contributed by atoms with E-state index < -0.39 is 0 Å². The second-order valence-corrected chi connectivity index (χ2v) is 6.26. The van der Waals surface area contributed by atoms with Gasteiger partial charge in [-0.25, -0.2) is 4.98 Å². The van der Waals surface area contributed by atoms with Gasteiger partial charge in [-0.15, -0.1) is 12.4 Å². The van der Waals surface area contributed by atoms with E-state index in [1.54, 1.807) is 6.20 Å². The topological polar surface area (TPSA) is 72.5 Å². The number of nitrogens with one attached hydrogen (secondary N) is 2. The monoisotopic (exact) mass is 391 g/mol. The largest absolute Gasteiger partial charge is 0.490 e. The van der Waals surface area contributed by atoms with Gasteiger partial charge in [0.25, 0.3) is 0 Å². The molecular weight excluding hydrogens is 366 g/mol. The van der Waals surface area contributed by atoms with E-state index in [2.05, 4.69) is 15.6 Å². The molecule has 1 aromatic carbocycles. The van der Waals surface area contributed by atoms with Crippen molar-refractivity contribution in [2.75, 3.05) is 26.3 Å². The van der Waals surface area contributed by atoms with Crippen LogP contribution in [0, 0.1) is 5.92 Å². The zero-order valence-electron chi connectivity index (χ0n) is 15.2. The molecular formula is C20H26ClN3O3. The molecule has 2 heterocycles. The summed E-state index contributed by atoms with van der Waals surface area (Å²) in [6, 6.07) is 13.4. The van der Waals surface area contributed by atoms with Crippen LogP contribution in [-0.4, -0.2) is 37.2 Å². The van der Waals surface area contributed by atoms with Crippen LogP contribution in [0.15, 0.2) is 48.7 Å². The number of piperidine rings is 1. The third-order valence-corrected chi connectivity index (χ3v) is 4.32. The van der Waals surface area contributed by atoms with Crippen molar-refractivity contribution in [2.45, 2.75) is 19.4 Å². The summed E-state index contributed by atoms with van der Waals surface area (Å²) in [4.78, 5) is 16.4. The van der Waals surface area contributed by atoms with Crippen LogP contribution < -0.4 is 20.1 Å². The summed E-state index contributed by atoms with van der Waals surface area (Å²) in [5.74, 6) is 1.63. The Morgan fingerprint density at radius 1 is 1.07 bits per heavy atom. The predicted molar refractivity (Wildman–Crippen MR) is 106 cm³/mol. The lowest BCUT2D eigenvalue weighted by Crippen LogP contribution is -2.37. The van der Waals surface area contributed by atoms with Gasteiger partial charge in [0, 0.05) is 24.7 Å². The number of aromatic nitrogens is 1. The summed E-state index contributed by atoms with van der Waals surface area (Å²) in [6.45, 7) is 3.21. The van der Waals surface area contributed by atoms with E-state index in [0.29, 0.717) is 25.6 Å². The smallest absolute Gasteiger partial charge is 0.223 e. The standard InChI is InChI=1S/C20H25N3O3.ClH/c24-20(17-8-10-21-11-9-17)23-15-16-6-7-19(22-14-16)26-13-12-25-18-4-2-1-3-5-18;/h1-7,14,17,21H,8-13,15H2,(H,23,24);1H. The second kappa shape index (κ2) is 11.4. The molecule has 0 atom stereocenters. The zero-order chi connectivity index (χ0) is 18.0. The highest BCUT2D eigenvalue weighted by atomic mass is 35.5. The molecule has 7 heteroatoms. The van der Waals surface area contributed by atoms with Crippen molar-refractivity contribution in [3.05, 3.63) is 54.2 Å². The van der Waals surface area contributed by atoms with E-state index in [1.165, 1.54) is 0 Å². The molecule has 6 nitrogen and oxygen atoms in total. The first kappa shape index (κ1) is 21.0. The molecule has 146 valence electrons. The minimum absolute atomic E-state index is 0. The number of nitrogens with zero attached hydrogens (tertiary/aromatic N) is 1. The summed E-state index contributed by atoms with van der Waals surface area (Å²) in [6.07, 6.45) is 3.54. The van der Waals surface area contributed by atoms with Gasteiger partial charge in [0.15, 0.2) is 0 Å². The maximum Gasteiger partial charge on any atom is 0.223 e. The van der Waals surface area contributed by atoms with Crippen LogP contribution in [0.3, 0.4) is 0 Å². The Balaban J connectivity index is 0.00000261. The molecule has 3 rings (SSSR count). The first-order valence-electron chi connectivity index (χ1n) is 9.05. The van der Waals surface area contributed by atoms with Crippen LogP contribution >= 0.6 is 12.4 Å². The Morgan fingerprint density at radius 2 is 1.81 bits per heavy atom. The van der Waals surface area contributed by atoms with Crippen molar-refractivity contribution in [3.63, 3.8) is 0 Å². The van der Waals surface area contributed by atoms with Gasteiger partial charge in [0.1, 0.15) is 19.0 Å². The van der Waals surface area contributed by atoms with E-state index in [4.69, 9.17) is 9.47 Å². The van der Waals surface area contributed by atoms with Gasteiger partial charge in [-0.3, -0.25) is 4.79 Å². The van der Waals surface area contributed by atoms with Crippen molar-refractivity contribution in [1.29, 1.82) is 0 Å². The number of para-hydroxylation sites is 1. The molecule has 0 unspecified atom stereocenters. The van der Waals surface area contributed by atoms with Gasteiger partial charge in [-0.1, -0.05) is 24.3 Å². The zero-order valence-corrected chi connectivity index (χ0v) is 16.0. The van der Waals surface area contributed by atoms with Gasteiger partial charge in [0.05, 0.1) is 0 Å². The highest BCUT2D eigenvalue weighted by Gasteiger charge is 2.20. The third kappa shape index (κ3) is 7.07. The Morgan fingerprint density at radius 3 is 2.52 bits per heavy atom. The van der Waals surface area contributed by atoms with E-state index in [1.807, 2.05) is 42.5 Å². The molecule has 0 aliphatic carbocycles. The number of ether oxygens (including phenoxy) is 2. The van der Waals surface area contributed by atoms with E-state index in [-0.39, 0.29) is 24.2 Å². The summed E-state index contributed by atoms with van der Waals surface area (Å²) in [5, 5.41) is 6.26. The summed E-state index contributed by atoms with van der Waals surface area (Å²) in [5.41, 5.74) is 0.958. The molecule has 0 spiro atoms. The van der Waals surface area contributed by atoms with Crippen LogP contribution in [0.5, 0.6) is 11.6 Å². The quantitative estimate of drug-likeness (QED) is 0.677. The molecule has 2 aromatic rings. The number of carbonyl (C=O) groups excluding carboxylic acids is 1. The average Bonchev–Trinajstić information content (AvgIpc) is 2.72. The maximum absolute atomic E-state index is 12.1. The highest BCUT2D eigenvalue weighted by molar-refractivity contribution is 5.85. The fourth-order valence-corrected chi connectivity index (χ4v) is 2.84. The fraction of sp³-hybridized carbons (Fsp3) is 0.400. The lowest BCUT2D eigenvalue weighted by atomic mass is 9.97. The van der Waals surface area contributed by atoms with Crippen molar-refractivity contribution >= 4 is 18.3 Å². The number of rotatable bonds is 8. The Hall–Kier alpha value is -2.31. The SMILES string of the molecule is Cl.O=C(NCc1ccc(OCCOc2ccccc2)nc1)C1CCNCC1. The van der Waals surface area contributed by atoms with Crippen LogP contribution in [0.4, 0.5) is 0 Å². The number of hydrogen-bond donors (Lipinski definition) is 2. The number of halogens is 1. The summed E-state index contributed by atoms with van der Waals surface area (Å²) in [7, 11) is 0. The van der Waals surface area contributed by atoms with E-state index >= 15 is 0 Å². The lowest BCUT2D eigenvalue weighted by molar-refractivity contribution is -0.125. The Bertz CT molecular complexity index is 677. The molecule has 1 aliphatic rings. The summed E-state index contributed by atoms with van der Waals surface area (Å²) < 4.78 is 11.1.